The number of nitrogens with two attached hydrogens (primary N) is 1. The summed E-state index contributed by atoms with van der Waals surface area (Å²) in [4.78, 5) is 0. The van der Waals surface area contributed by atoms with Gasteiger partial charge in [0, 0.05) is 24.1 Å². The fraction of sp³-hybridized carbons (Fsp3) is 0.333. The molecule has 21 heavy (non-hydrogen) atoms. The van der Waals surface area contributed by atoms with Crippen LogP contribution in [0.1, 0.15) is 36.9 Å². The molecule has 0 spiro atoms. The zero-order valence-electron chi connectivity index (χ0n) is 12.2. The predicted molar refractivity (Wildman–Crippen MR) is 81.7 cm³/mol. The van der Waals surface area contributed by atoms with E-state index in [4.69, 9.17) is 10.5 Å². The van der Waals surface area contributed by atoms with E-state index in [0.717, 1.165) is 24.8 Å². The number of hydrogen-bond donors (Lipinski definition) is 1. The van der Waals surface area contributed by atoms with E-state index in [0.29, 0.717) is 5.75 Å². The summed E-state index contributed by atoms with van der Waals surface area (Å²) in [5.41, 5.74) is 8.06. The summed E-state index contributed by atoms with van der Waals surface area (Å²) >= 11 is 0. The maximum absolute atomic E-state index is 13.4. The molecule has 1 heterocycles. The van der Waals surface area contributed by atoms with Crippen molar-refractivity contribution in [2.24, 2.45) is 5.73 Å². The Morgan fingerprint density at radius 3 is 2.76 bits per heavy atom. The van der Waals surface area contributed by atoms with Gasteiger partial charge in [-0.15, -0.1) is 0 Å². The summed E-state index contributed by atoms with van der Waals surface area (Å²) < 4.78 is 19.5. The van der Waals surface area contributed by atoms with Crippen molar-refractivity contribution in [2.45, 2.75) is 37.8 Å². The summed E-state index contributed by atoms with van der Waals surface area (Å²) in [7, 11) is 0. The van der Waals surface area contributed by atoms with Crippen LogP contribution in [-0.4, -0.2) is 5.60 Å². The number of aryl methyl sites for hydroxylation is 1. The zero-order valence-corrected chi connectivity index (χ0v) is 12.2. The molecule has 2 nitrogen and oxygen atoms in total. The minimum atomic E-state index is -0.351. The lowest BCUT2D eigenvalue weighted by Gasteiger charge is -2.39. The van der Waals surface area contributed by atoms with Crippen molar-refractivity contribution < 1.29 is 9.13 Å². The van der Waals surface area contributed by atoms with Crippen LogP contribution in [0.5, 0.6) is 5.75 Å². The summed E-state index contributed by atoms with van der Waals surface area (Å²) in [6.45, 7) is 2.06. The number of benzene rings is 2. The summed E-state index contributed by atoms with van der Waals surface area (Å²) in [6.07, 6.45) is 2.54. The van der Waals surface area contributed by atoms with Crippen LogP contribution in [0.2, 0.25) is 0 Å². The minimum Gasteiger partial charge on any atom is -0.487 e. The molecule has 3 heteroatoms. The van der Waals surface area contributed by atoms with Crippen LogP contribution in [0.15, 0.2) is 48.5 Å². The normalized spacial score (nSPS) is 24.2. The first-order chi connectivity index (χ1) is 10.1. The van der Waals surface area contributed by atoms with E-state index in [9.17, 15) is 4.39 Å². The molecule has 0 aliphatic carbocycles. The first-order valence-electron chi connectivity index (χ1n) is 7.34. The molecule has 2 aromatic rings. The topological polar surface area (TPSA) is 35.2 Å². The molecule has 2 atom stereocenters. The first-order valence-corrected chi connectivity index (χ1v) is 7.34. The molecule has 2 N–H and O–H groups in total. The van der Waals surface area contributed by atoms with Crippen LogP contribution in [0, 0.1) is 5.82 Å². The van der Waals surface area contributed by atoms with Crippen molar-refractivity contribution in [1.82, 2.24) is 0 Å². The standard InChI is InChI=1S/C18H20FNO/c1-18(10-9-13-5-3-2-4-6-13)12-16(20)15-8-7-14(19)11-17(15)21-18/h2-8,11,16H,9-10,12,20H2,1H3. The van der Waals surface area contributed by atoms with E-state index in [2.05, 4.69) is 19.1 Å². The fourth-order valence-electron chi connectivity index (χ4n) is 2.99. The van der Waals surface area contributed by atoms with Crippen molar-refractivity contribution >= 4 is 0 Å². The number of rotatable bonds is 3. The van der Waals surface area contributed by atoms with Crippen LogP contribution < -0.4 is 10.5 Å². The SMILES string of the molecule is CC1(CCc2ccccc2)CC(N)c2ccc(F)cc2O1. The quantitative estimate of drug-likeness (QED) is 0.925. The monoisotopic (exact) mass is 285 g/mol. The third kappa shape index (κ3) is 3.08. The summed E-state index contributed by atoms with van der Waals surface area (Å²) in [5.74, 6) is 0.303. The maximum atomic E-state index is 13.4. The van der Waals surface area contributed by atoms with Crippen molar-refractivity contribution in [1.29, 1.82) is 0 Å². The van der Waals surface area contributed by atoms with Crippen molar-refractivity contribution in [3.05, 3.63) is 65.5 Å². The van der Waals surface area contributed by atoms with Crippen molar-refractivity contribution in [3.63, 3.8) is 0 Å². The molecule has 0 aromatic heterocycles. The largest absolute Gasteiger partial charge is 0.487 e. The highest BCUT2D eigenvalue weighted by molar-refractivity contribution is 5.39. The maximum Gasteiger partial charge on any atom is 0.127 e. The Morgan fingerprint density at radius 2 is 2.00 bits per heavy atom. The van der Waals surface area contributed by atoms with Crippen LogP contribution in [0.3, 0.4) is 0 Å². The average molecular weight is 285 g/mol. The Labute approximate surface area is 124 Å². The zero-order chi connectivity index (χ0) is 14.9. The third-order valence-electron chi connectivity index (χ3n) is 4.17. The van der Waals surface area contributed by atoms with Crippen LogP contribution in [0.25, 0.3) is 0 Å². The van der Waals surface area contributed by atoms with Crippen LogP contribution >= 0.6 is 0 Å². The van der Waals surface area contributed by atoms with Crippen LogP contribution in [0.4, 0.5) is 4.39 Å². The van der Waals surface area contributed by atoms with Gasteiger partial charge < -0.3 is 10.5 Å². The van der Waals surface area contributed by atoms with Gasteiger partial charge in [0.25, 0.3) is 0 Å². The highest BCUT2D eigenvalue weighted by atomic mass is 19.1. The van der Waals surface area contributed by atoms with Gasteiger partial charge in [0.2, 0.25) is 0 Å². The van der Waals surface area contributed by atoms with Crippen LogP contribution in [-0.2, 0) is 6.42 Å². The molecule has 0 bridgehead atoms. The number of ether oxygens (including phenoxy) is 1. The number of fused-ring (bicyclic) bond motifs is 1. The Bertz CT molecular complexity index is 628. The van der Waals surface area contributed by atoms with E-state index in [1.54, 1.807) is 6.07 Å². The molecule has 1 aliphatic heterocycles. The molecule has 0 radical (unpaired) electrons. The summed E-state index contributed by atoms with van der Waals surface area (Å²) in [5, 5.41) is 0. The van der Waals surface area contributed by atoms with Gasteiger partial charge in [-0.1, -0.05) is 36.4 Å². The second kappa shape index (κ2) is 5.49. The minimum absolute atomic E-state index is 0.102. The van der Waals surface area contributed by atoms with Gasteiger partial charge in [0.05, 0.1) is 0 Å². The second-order valence-corrected chi connectivity index (χ2v) is 6.03. The van der Waals surface area contributed by atoms with Gasteiger partial charge in [-0.3, -0.25) is 0 Å². The molecule has 3 rings (SSSR count). The molecular weight excluding hydrogens is 265 g/mol. The van der Waals surface area contributed by atoms with Gasteiger partial charge in [0.1, 0.15) is 17.2 Å². The lowest BCUT2D eigenvalue weighted by molar-refractivity contribution is 0.0454. The fourth-order valence-corrected chi connectivity index (χ4v) is 2.99. The van der Waals surface area contributed by atoms with Gasteiger partial charge in [0.15, 0.2) is 0 Å². The molecular formula is C18H20FNO. The van der Waals surface area contributed by atoms with Gasteiger partial charge >= 0.3 is 0 Å². The second-order valence-electron chi connectivity index (χ2n) is 6.03. The van der Waals surface area contributed by atoms with Gasteiger partial charge in [-0.25, -0.2) is 4.39 Å². The van der Waals surface area contributed by atoms with Gasteiger partial charge in [-0.2, -0.15) is 0 Å². The lowest BCUT2D eigenvalue weighted by Crippen LogP contribution is -2.40. The molecule has 2 unspecified atom stereocenters. The Morgan fingerprint density at radius 1 is 1.24 bits per heavy atom. The average Bonchev–Trinajstić information content (AvgIpc) is 2.46. The molecule has 0 saturated carbocycles. The number of hydrogen-bond acceptors (Lipinski definition) is 2. The highest BCUT2D eigenvalue weighted by Crippen LogP contribution is 2.40. The third-order valence-corrected chi connectivity index (χ3v) is 4.17. The lowest BCUT2D eigenvalue weighted by atomic mass is 9.85. The Balaban J connectivity index is 1.77. The Hall–Kier alpha value is -1.87. The van der Waals surface area contributed by atoms with Crippen molar-refractivity contribution in [2.75, 3.05) is 0 Å². The predicted octanol–water partition coefficient (Wildman–Crippen LogP) is 4.00. The number of halogens is 1. The van der Waals surface area contributed by atoms with E-state index in [-0.39, 0.29) is 17.5 Å². The Kier molecular flexibility index (Phi) is 3.68. The molecule has 0 fully saturated rings. The van der Waals surface area contributed by atoms with E-state index < -0.39 is 0 Å². The van der Waals surface area contributed by atoms with Crippen molar-refractivity contribution in [3.8, 4) is 5.75 Å². The first kappa shape index (κ1) is 14.1. The molecule has 1 aliphatic rings. The molecule has 110 valence electrons. The smallest absolute Gasteiger partial charge is 0.127 e. The van der Waals surface area contributed by atoms with E-state index >= 15 is 0 Å². The molecule has 0 amide bonds. The highest BCUT2D eigenvalue weighted by Gasteiger charge is 2.35. The molecule has 2 aromatic carbocycles. The van der Waals surface area contributed by atoms with E-state index in [1.807, 2.05) is 18.2 Å². The summed E-state index contributed by atoms with van der Waals surface area (Å²) in [6, 6.07) is 14.8. The molecule has 0 saturated heterocycles. The van der Waals surface area contributed by atoms with Gasteiger partial charge in [-0.05, 0) is 31.4 Å². The van der Waals surface area contributed by atoms with E-state index in [1.165, 1.54) is 17.7 Å².